The molecule has 0 spiro atoms. The van der Waals surface area contributed by atoms with Crippen LogP contribution in [-0.2, 0) is 4.79 Å². The van der Waals surface area contributed by atoms with E-state index in [4.69, 9.17) is 5.11 Å². The van der Waals surface area contributed by atoms with Gasteiger partial charge in [0.15, 0.2) is 0 Å². The third kappa shape index (κ3) is 6.26. The number of amides is 1. The molecule has 18 heavy (non-hydrogen) atoms. The zero-order chi connectivity index (χ0) is 14.3. The van der Waals surface area contributed by atoms with Crippen LogP contribution in [0.2, 0.25) is 0 Å². The molecule has 1 amide bonds. The lowest BCUT2D eigenvalue weighted by Crippen LogP contribution is -2.53. The molecule has 0 aliphatic carbocycles. The van der Waals surface area contributed by atoms with Crippen molar-refractivity contribution in [1.82, 2.24) is 10.2 Å². The van der Waals surface area contributed by atoms with Crippen molar-refractivity contribution in [2.45, 2.75) is 52.1 Å². The molecular weight excluding hydrogens is 242 g/mol. The van der Waals surface area contributed by atoms with Gasteiger partial charge in [-0.2, -0.15) is 0 Å². The maximum atomic E-state index is 12.4. The smallest absolute Gasteiger partial charge is 0.251 e. The number of carbonyl (C=O) groups is 1. The highest BCUT2D eigenvalue weighted by atomic mass is 19.3. The van der Waals surface area contributed by atoms with Crippen molar-refractivity contribution in [1.29, 1.82) is 0 Å². The molecule has 0 saturated carbocycles. The fourth-order valence-corrected chi connectivity index (χ4v) is 1.44. The van der Waals surface area contributed by atoms with Gasteiger partial charge in [-0.1, -0.05) is 6.92 Å². The van der Waals surface area contributed by atoms with E-state index in [-0.39, 0.29) is 24.6 Å². The summed E-state index contributed by atoms with van der Waals surface area (Å²) in [6.45, 7) is 6.56. The maximum Gasteiger partial charge on any atom is 0.251 e. The number of aliphatic hydroxyl groups is 1. The van der Waals surface area contributed by atoms with E-state index in [1.165, 1.54) is 4.90 Å². The van der Waals surface area contributed by atoms with Crippen LogP contribution in [0.3, 0.4) is 0 Å². The first-order chi connectivity index (χ1) is 8.23. The molecule has 0 saturated heterocycles. The van der Waals surface area contributed by atoms with Gasteiger partial charge in [-0.25, -0.2) is 8.78 Å². The topological polar surface area (TPSA) is 52.6 Å². The SMILES string of the molecule is CCC(C)(C)NC(=O)C(C)N(CCO)CC(F)F. The highest BCUT2D eigenvalue weighted by Gasteiger charge is 2.27. The van der Waals surface area contributed by atoms with Crippen molar-refractivity contribution in [2.75, 3.05) is 19.7 Å². The molecule has 0 aromatic heterocycles. The second-order valence-electron chi connectivity index (χ2n) is 5.01. The molecule has 4 nitrogen and oxygen atoms in total. The molecule has 0 aliphatic rings. The highest BCUT2D eigenvalue weighted by molar-refractivity contribution is 5.82. The van der Waals surface area contributed by atoms with Gasteiger partial charge in [-0.3, -0.25) is 9.69 Å². The van der Waals surface area contributed by atoms with Crippen molar-refractivity contribution in [3.8, 4) is 0 Å². The van der Waals surface area contributed by atoms with Crippen molar-refractivity contribution < 1.29 is 18.7 Å². The largest absolute Gasteiger partial charge is 0.395 e. The Morgan fingerprint density at radius 2 is 2.00 bits per heavy atom. The molecule has 0 aromatic carbocycles. The summed E-state index contributed by atoms with van der Waals surface area (Å²) >= 11 is 0. The van der Waals surface area contributed by atoms with E-state index in [9.17, 15) is 13.6 Å². The second kappa shape index (κ2) is 7.63. The zero-order valence-corrected chi connectivity index (χ0v) is 11.5. The number of hydrogen-bond donors (Lipinski definition) is 2. The quantitative estimate of drug-likeness (QED) is 0.695. The average Bonchev–Trinajstić information content (AvgIpc) is 2.26. The average molecular weight is 266 g/mol. The number of halogens is 2. The summed E-state index contributed by atoms with van der Waals surface area (Å²) in [6.07, 6.45) is -1.77. The third-order valence-electron chi connectivity index (χ3n) is 3.03. The zero-order valence-electron chi connectivity index (χ0n) is 11.5. The molecule has 108 valence electrons. The summed E-state index contributed by atoms with van der Waals surface area (Å²) in [5.74, 6) is -0.295. The Bertz CT molecular complexity index is 260. The summed E-state index contributed by atoms with van der Waals surface area (Å²) in [5.41, 5.74) is -0.360. The molecule has 0 bridgehead atoms. The Labute approximate surface area is 107 Å². The van der Waals surface area contributed by atoms with Gasteiger partial charge >= 0.3 is 0 Å². The lowest BCUT2D eigenvalue weighted by atomic mass is 10.0. The Hall–Kier alpha value is -0.750. The fourth-order valence-electron chi connectivity index (χ4n) is 1.44. The van der Waals surface area contributed by atoms with Crippen molar-refractivity contribution in [2.24, 2.45) is 0 Å². The predicted molar refractivity (Wildman–Crippen MR) is 66.6 cm³/mol. The van der Waals surface area contributed by atoms with Gasteiger partial charge in [0.05, 0.1) is 19.2 Å². The maximum absolute atomic E-state index is 12.4. The van der Waals surface area contributed by atoms with Crippen LogP contribution in [0.15, 0.2) is 0 Å². The number of alkyl halides is 2. The molecule has 0 aromatic rings. The van der Waals surface area contributed by atoms with Crippen LogP contribution in [0, 0.1) is 0 Å². The van der Waals surface area contributed by atoms with Crippen molar-refractivity contribution in [3.05, 3.63) is 0 Å². The van der Waals surface area contributed by atoms with Crippen LogP contribution < -0.4 is 5.32 Å². The molecule has 2 N–H and O–H groups in total. The van der Waals surface area contributed by atoms with E-state index >= 15 is 0 Å². The van der Waals surface area contributed by atoms with E-state index in [1.807, 2.05) is 20.8 Å². The van der Waals surface area contributed by atoms with Gasteiger partial charge in [0.25, 0.3) is 6.43 Å². The molecule has 0 radical (unpaired) electrons. The van der Waals surface area contributed by atoms with Gasteiger partial charge in [-0.15, -0.1) is 0 Å². The second-order valence-corrected chi connectivity index (χ2v) is 5.01. The van der Waals surface area contributed by atoms with E-state index in [2.05, 4.69) is 5.32 Å². The van der Waals surface area contributed by atoms with Gasteiger partial charge in [0.1, 0.15) is 0 Å². The minimum atomic E-state index is -2.52. The summed E-state index contributed by atoms with van der Waals surface area (Å²) < 4.78 is 24.8. The van der Waals surface area contributed by atoms with Gasteiger partial charge in [0, 0.05) is 12.1 Å². The van der Waals surface area contributed by atoms with Crippen LogP contribution in [0.4, 0.5) is 8.78 Å². The van der Waals surface area contributed by atoms with Crippen molar-refractivity contribution >= 4 is 5.91 Å². The lowest BCUT2D eigenvalue weighted by Gasteiger charge is -2.31. The standard InChI is InChI=1S/C12H24F2N2O2/c1-5-12(3,4)15-11(18)9(2)16(6-7-17)8-10(13)14/h9-10,17H,5-8H2,1-4H3,(H,15,18). The van der Waals surface area contributed by atoms with Crippen LogP contribution >= 0.6 is 0 Å². The fraction of sp³-hybridized carbons (Fsp3) is 0.917. The van der Waals surface area contributed by atoms with Crippen molar-refractivity contribution in [3.63, 3.8) is 0 Å². The first-order valence-corrected chi connectivity index (χ1v) is 6.18. The first kappa shape index (κ1) is 17.2. The minimum absolute atomic E-state index is 0.0610. The molecule has 1 atom stereocenters. The van der Waals surface area contributed by atoms with Gasteiger partial charge in [0.2, 0.25) is 5.91 Å². The number of nitrogens with one attached hydrogen (secondary N) is 1. The number of nitrogens with zero attached hydrogens (tertiary/aromatic N) is 1. The van der Waals surface area contributed by atoms with E-state index in [0.717, 1.165) is 6.42 Å². The Kier molecular flexibility index (Phi) is 7.32. The van der Waals surface area contributed by atoms with Crippen LogP contribution in [0.1, 0.15) is 34.1 Å². The number of hydrogen-bond acceptors (Lipinski definition) is 3. The molecule has 6 heteroatoms. The first-order valence-electron chi connectivity index (χ1n) is 6.18. The summed E-state index contributed by atoms with van der Waals surface area (Å²) in [7, 11) is 0. The highest BCUT2D eigenvalue weighted by Crippen LogP contribution is 2.10. The van der Waals surface area contributed by atoms with Crippen LogP contribution in [0.5, 0.6) is 0 Å². The number of aliphatic hydroxyl groups excluding tert-OH is 1. The van der Waals surface area contributed by atoms with E-state index < -0.39 is 19.0 Å². The molecule has 0 heterocycles. The molecule has 0 fully saturated rings. The third-order valence-corrected chi connectivity index (χ3v) is 3.03. The lowest BCUT2D eigenvalue weighted by molar-refractivity contribution is -0.128. The summed E-state index contributed by atoms with van der Waals surface area (Å²) in [4.78, 5) is 13.2. The Balaban J connectivity index is 4.55. The van der Waals surface area contributed by atoms with Gasteiger partial charge in [-0.05, 0) is 27.2 Å². The molecule has 0 aliphatic heterocycles. The van der Waals surface area contributed by atoms with Gasteiger partial charge < -0.3 is 10.4 Å². The number of rotatable bonds is 8. The molecule has 1 unspecified atom stereocenters. The number of carbonyl (C=O) groups excluding carboxylic acids is 1. The van der Waals surface area contributed by atoms with Crippen LogP contribution in [-0.4, -0.2) is 53.6 Å². The predicted octanol–water partition coefficient (Wildman–Crippen LogP) is 1.24. The minimum Gasteiger partial charge on any atom is -0.395 e. The molecular formula is C12H24F2N2O2. The van der Waals surface area contributed by atoms with E-state index in [1.54, 1.807) is 6.92 Å². The monoisotopic (exact) mass is 266 g/mol. The normalized spacial score (nSPS) is 14.1. The molecule has 0 rings (SSSR count). The Morgan fingerprint density at radius 3 is 2.39 bits per heavy atom. The Morgan fingerprint density at radius 1 is 1.44 bits per heavy atom. The van der Waals surface area contributed by atoms with E-state index in [0.29, 0.717) is 0 Å². The summed E-state index contributed by atoms with van der Waals surface area (Å²) in [6, 6.07) is -0.683. The summed E-state index contributed by atoms with van der Waals surface area (Å²) in [5, 5.41) is 11.7. The van der Waals surface area contributed by atoms with Crippen LogP contribution in [0.25, 0.3) is 0 Å².